The molecule has 0 saturated heterocycles. The average Bonchev–Trinajstić information content (AvgIpc) is 2.67. The van der Waals surface area contributed by atoms with Crippen LogP contribution in [0.1, 0.15) is 35.6 Å². The molecule has 25 heavy (non-hydrogen) atoms. The van der Waals surface area contributed by atoms with E-state index >= 15 is 0 Å². The number of fused-ring (bicyclic) bond motifs is 6. The molecule has 0 fully saturated rings. The summed E-state index contributed by atoms with van der Waals surface area (Å²) in [5, 5.41) is 3.75. The number of pyridine rings is 1. The first-order valence-electron chi connectivity index (χ1n) is 8.95. The third kappa shape index (κ3) is 2.12. The molecule has 0 N–H and O–H groups in total. The van der Waals surface area contributed by atoms with Gasteiger partial charge in [0.2, 0.25) is 0 Å². The van der Waals surface area contributed by atoms with Gasteiger partial charge in [0.05, 0.1) is 5.52 Å². The monoisotopic (exact) mass is 321 g/mol. The smallest absolute Gasteiger partial charge is 0.0749 e. The molecule has 4 aromatic rings. The summed E-state index contributed by atoms with van der Waals surface area (Å²) in [6.07, 6.45) is 6.35. The van der Waals surface area contributed by atoms with Crippen molar-refractivity contribution in [1.82, 2.24) is 4.98 Å². The van der Waals surface area contributed by atoms with Gasteiger partial charge < -0.3 is 0 Å². The van der Waals surface area contributed by atoms with Crippen molar-refractivity contribution in [2.45, 2.75) is 19.8 Å². The molecule has 1 aliphatic carbocycles. The summed E-state index contributed by atoms with van der Waals surface area (Å²) in [6, 6.07) is 21.8. The van der Waals surface area contributed by atoms with Gasteiger partial charge >= 0.3 is 0 Å². The predicted octanol–water partition coefficient (Wildman–Crippen LogP) is 6.13. The van der Waals surface area contributed by atoms with Gasteiger partial charge in [-0.1, -0.05) is 73.7 Å². The molecule has 0 amide bonds. The van der Waals surface area contributed by atoms with Crippen molar-refractivity contribution < 1.29 is 0 Å². The molecule has 5 rings (SSSR count). The fourth-order valence-electron chi connectivity index (χ4n) is 4.12. The Hall–Kier alpha value is -2.93. The van der Waals surface area contributed by atoms with Gasteiger partial charge in [0.1, 0.15) is 0 Å². The molecule has 0 spiro atoms. The van der Waals surface area contributed by atoms with E-state index in [1.807, 2.05) is 6.20 Å². The zero-order valence-corrected chi connectivity index (χ0v) is 14.3. The van der Waals surface area contributed by atoms with Crippen LogP contribution < -0.4 is 0 Å². The van der Waals surface area contributed by atoms with E-state index in [1.54, 1.807) is 0 Å². The lowest BCUT2D eigenvalue weighted by Gasteiger charge is -2.24. The minimum atomic E-state index is 0.954. The molecule has 0 saturated carbocycles. The van der Waals surface area contributed by atoms with Crippen molar-refractivity contribution in [2.24, 2.45) is 0 Å². The summed E-state index contributed by atoms with van der Waals surface area (Å²) in [4.78, 5) is 4.86. The summed E-state index contributed by atoms with van der Waals surface area (Å²) in [5.41, 5.74) is 7.98. The Labute approximate surface area is 147 Å². The third-order valence-corrected chi connectivity index (χ3v) is 5.24. The molecular formula is C24H19N. The Kier molecular flexibility index (Phi) is 3.21. The summed E-state index contributed by atoms with van der Waals surface area (Å²) in [5.74, 6) is 0. The summed E-state index contributed by atoms with van der Waals surface area (Å²) < 4.78 is 0. The van der Waals surface area contributed by atoms with Crippen LogP contribution in [-0.4, -0.2) is 4.98 Å². The zero-order chi connectivity index (χ0) is 16.8. The Bertz CT molecular complexity index is 1150. The Balaban J connectivity index is 1.86. The molecule has 3 aromatic carbocycles. The number of hydrogen-bond acceptors (Lipinski definition) is 1. The number of benzene rings is 3. The third-order valence-electron chi connectivity index (χ3n) is 5.24. The second kappa shape index (κ2) is 5.56. The van der Waals surface area contributed by atoms with Crippen molar-refractivity contribution in [3.05, 3.63) is 95.2 Å². The first-order chi connectivity index (χ1) is 12.4. The highest BCUT2D eigenvalue weighted by Gasteiger charge is 2.22. The predicted molar refractivity (Wildman–Crippen MR) is 106 cm³/mol. The molecule has 0 unspecified atom stereocenters. The van der Waals surface area contributed by atoms with E-state index in [-0.39, 0.29) is 0 Å². The molecule has 0 aliphatic heterocycles. The molecule has 0 radical (unpaired) electrons. The average molecular weight is 321 g/mol. The number of allylic oxidation sites excluding steroid dienone is 1. The fraction of sp³-hybridized carbons (Fsp3) is 0.125. The van der Waals surface area contributed by atoms with Crippen molar-refractivity contribution in [2.75, 3.05) is 0 Å². The van der Waals surface area contributed by atoms with Crippen LogP contribution in [0.3, 0.4) is 0 Å². The van der Waals surface area contributed by atoms with Gasteiger partial charge in [-0.2, -0.15) is 0 Å². The van der Waals surface area contributed by atoms with E-state index in [0.29, 0.717) is 0 Å². The molecular weight excluding hydrogens is 302 g/mol. The van der Waals surface area contributed by atoms with Crippen molar-refractivity contribution in [1.29, 1.82) is 0 Å². The van der Waals surface area contributed by atoms with Crippen molar-refractivity contribution >= 4 is 27.2 Å². The van der Waals surface area contributed by atoms with Gasteiger partial charge in [0.15, 0.2) is 0 Å². The Morgan fingerprint density at radius 2 is 1.72 bits per heavy atom. The largest absolute Gasteiger partial charge is 0.255 e. The van der Waals surface area contributed by atoms with E-state index in [0.717, 1.165) is 18.4 Å². The second-order valence-corrected chi connectivity index (χ2v) is 6.69. The van der Waals surface area contributed by atoms with Crippen LogP contribution in [0, 0.1) is 0 Å². The number of hydrogen-bond donors (Lipinski definition) is 0. The minimum Gasteiger partial charge on any atom is -0.255 e. The summed E-state index contributed by atoms with van der Waals surface area (Å²) in [6.45, 7) is 2.21. The van der Waals surface area contributed by atoms with Gasteiger partial charge in [-0.05, 0) is 39.6 Å². The second-order valence-electron chi connectivity index (χ2n) is 6.69. The maximum atomic E-state index is 4.86. The highest BCUT2D eigenvalue weighted by molar-refractivity contribution is 6.08. The van der Waals surface area contributed by atoms with Crippen LogP contribution in [0.4, 0.5) is 0 Å². The maximum Gasteiger partial charge on any atom is 0.0749 e. The standard InChI is InChI=1S/C24H19N/c1-2-7-20-18-10-5-3-8-16(18)14-23-21(20)12-13-22-19-11-6-4-9-17(19)15-25-24(22)23/h3-13,15H,2,14H2,1H3. The van der Waals surface area contributed by atoms with Crippen LogP contribution in [0.2, 0.25) is 0 Å². The Morgan fingerprint density at radius 3 is 2.64 bits per heavy atom. The molecule has 0 bridgehead atoms. The molecule has 1 aromatic heterocycles. The lowest BCUT2D eigenvalue weighted by atomic mass is 9.80. The van der Waals surface area contributed by atoms with Crippen LogP contribution >= 0.6 is 0 Å². The maximum absolute atomic E-state index is 4.86. The van der Waals surface area contributed by atoms with E-state index in [9.17, 15) is 0 Å². The number of rotatable bonds is 1. The van der Waals surface area contributed by atoms with E-state index in [1.165, 1.54) is 44.0 Å². The molecule has 1 heterocycles. The van der Waals surface area contributed by atoms with Gasteiger partial charge in [0, 0.05) is 23.4 Å². The number of aromatic nitrogens is 1. The summed E-state index contributed by atoms with van der Waals surface area (Å²) in [7, 11) is 0. The van der Waals surface area contributed by atoms with Crippen LogP contribution in [-0.2, 0) is 6.42 Å². The lowest BCUT2D eigenvalue weighted by molar-refractivity contribution is 1.13. The van der Waals surface area contributed by atoms with E-state index < -0.39 is 0 Å². The van der Waals surface area contributed by atoms with Crippen LogP contribution in [0.25, 0.3) is 27.2 Å². The first-order valence-corrected chi connectivity index (χ1v) is 8.95. The normalized spacial score (nSPS) is 14.7. The topological polar surface area (TPSA) is 12.9 Å². The van der Waals surface area contributed by atoms with Gasteiger partial charge in [-0.25, -0.2) is 0 Å². The van der Waals surface area contributed by atoms with E-state index in [2.05, 4.69) is 73.7 Å². The van der Waals surface area contributed by atoms with Crippen molar-refractivity contribution in [3.8, 4) is 0 Å². The molecule has 0 atom stereocenters. The zero-order valence-electron chi connectivity index (χ0n) is 14.3. The molecule has 1 nitrogen and oxygen atoms in total. The number of nitrogens with zero attached hydrogens (tertiary/aromatic N) is 1. The summed E-state index contributed by atoms with van der Waals surface area (Å²) >= 11 is 0. The van der Waals surface area contributed by atoms with Crippen molar-refractivity contribution in [3.63, 3.8) is 0 Å². The quantitative estimate of drug-likeness (QED) is 0.338. The fourth-order valence-corrected chi connectivity index (χ4v) is 4.12. The van der Waals surface area contributed by atoms with Crippen LogP contribution in [0.5, 0.6) is 0 Å². The highest BCUT2D eigenvalue weighted by atomic mass is 14.7. The van der Waals surface area contributed by atoms with Gasteiger partial charge in [0.25, 0.3) is 0 Å². The van der Waals surface area contributed by atoms with E-state index in [4.69, 9.17) is 4.98 Å². The molecule has 1 aliphatic rings. The van der Waals surface area contributed by atoms with Crippen LogP contribution in [0.15, 0.2) is 72.9 Å². The van der Waals surface area contributed by atoms with Gasteiger partial charge in [-0.3, -0.25) is 4.98 Å². The Morgan fingerprint density at radius 1 is 0.880 bits per heavy atom. The van der Waals surface area contributed by atoms with Gasteiger partial charge in [-0.15, -0.1) is 0 Å². The lowest BCUT2D eigenvalue weighted by Crippen LogP contribution is -2.08. The first kappa shape index (κ1) is 14.4. The minimum absolute atomic E-state index is 0.954. The molecule has 1 heteroatoms. The SMILES string of the molecule is CCC=C1c2ccccc2Cc2c1ccc1c2ncc2ccccc21. The molecule has 120 valence electrons. The highest BCUT2D eigenvalue weighted by Crippen LogP contribution is 2.40.